The second-order valence-electron chi connectivity index (χ2n) is 7.18. The van der Waals surface area contributed by atoms with E-state index in [1.165, 1.54) is 5.57 Å². The molecule has 3 aromatic rings. The minimum atomic E-state index is 0.0434. The molecule has 0 atom stereocenters. The average Bonchev–Trinajstić information content (AvgIpc) is 2.80. The molecule has 5 nitrogen and oxygen atoms in total. The first-order valence-electron chi connectivity index (χ1n) is 9.99. The van der Waals surface area contributed by atoms with Crippen molar-refractivity contribution in [2.45, 2.75) is 19.8 Å². The van der Waals surface area contributed by atoms with Gasteiger partial charge in [-0.2, -0.15) is 0 Å². The summed E-state index contributed by atoms with van der Waals surface area (Å²) in [5.41, 5.74) is 4.52. The maximum Gasteiger partial charge on any atom is 0.253 e. The number of carbonyl (C=O) groups excluding carboxylic acids is 1. The van der Waals surface area contributed by atoms with Gasteiger partial charge in [0.25, 0.3) is 5.91 Å². The molecule has 0 saturated carbocycles. The van der Waals surface area contributed by atoms with E-state index in [1.807, 2.05) is 60.4 Å². The van der Waals surface area contributed by atoms with Gasteiger partial charge in [0.05, 0.1) is 0 Å². The third-order valence-electron chi connectivity index (χ3n) is 4.99. The molecule has 1 aliphatic heterocycles. The highest BCUT2D eigenvalue weighted by molar-refractivity contribution is 5.95. The fourth-order valence-corrected chi connectivity index (χ4v) is 3.39. The van der Waals surface area contributed by atoms with Crippen LogP contribution < -0.4 is 0 Å². The molecule has 1 fully saturated rings. The topological polar surface area (TPSA) is 59.0 Å². The number of hydrogen-bond donors (Lipinski definition) is 0. The summed E-state index contributed by atoms with van der Waals surface area (Å²) in [5, 5.41) is 0. The molecule has 1 saturated heterocycles. The minimum Gasteiger partial charge on any atom is -0.338 e. The Kier molecular flexibility index (Phi) is 5.95. The van der Waals surface area contributed by atoms with Crippen LogP contribution in [0.1, 0.15) is 34.6 Å². The van der Waals surface area contributed by atoms with Crippen molar-refractivity contribution in [1.29, 1.82) is 0 Å². The molecular formula is C25H22N4O. The Bertz CT molecular complexity index is 1130. The number of pyridine rings is 1. The summed E-state index contributed by atoms with van der Waals surface area (Å²) in [5.74, 6) is 6.86. The number of amides is 1. The van der Waals surface area contributed by atoms with Crippen LogP contribution in [0.5, 0.6) is 0 Å². The van der Waals surface area contributed by atoms with E-state index in [2.05, 4.69) is 26.8 Å². The van der Waals surface area contributed by atoms with Crippen molar-refractivity contribution in [2.75, 3.05) is 13.1 Å². The van der Waals surface area contributed by atoms with Crippen LogP contribution in [0.15, 0.2) is 72.6 Å². The van der Waals surface area contributed by atoms with Crippen molar-refractivity contribution in [3.05, 3.63) is 89.5 Å². The Balaban J connectivity index is 1.39. The van der Waals surface area contributed by atoms with Gasteiger partial charge < -0.3 is 4.90 Å². The number of allylic oxidation sites excluding steroid dienone is 1. The number of nitrogens with zero attached hydrogens (tertiary/aromatic N) is 4. The molecule has 0 radical (unpaired) electrons. The van der Waals surface area contributed by atoms with Crippen molar-refractivity contribution in [3.8, 4) is 23.2 Å². The van der Waals surface area contributed by atoms with Gasteiger partial charge in [-0.05, 0) is 62.1 Å². The standard InChI is InChI=1S/C25H22N4O/c1-19-6-2-10-23(28-19)11-3-7-20-12-16-29(17-13-20)25(30)22-9-4-8-21(18-22)24-26-14-5-15-27-24/h2,4-10,14-15,18H,12-13,16-17H2,1H3. The molecule has 0 unspecified atom stereocenters. The van der Waals surface area contributed by atoms with E-state index in [9.17, 15) is 4.79 Å². The first kappa shape index (κ1) is 19.5. The number of aryl methyl sites for hydroxylation is 1. The second-order valence-corrected chi connectivity index (χ2v) is 7.18. The van der Waals surface area contributed by atoms with Gasteiger partial charge in [0.1, 0.15) is 5.69 Å². The molecule has 148 valence electrons. The number of rotatable bonds is 2. The zero-order chi connectivity index (χ0) is 20.8. The van der Waals surface area contributed by atoms with E-state index in [0.29, 0.717) is 24.5 Å². The molecule has 3 heterocycles. The molecule has 2 aromatic heterocycles. The molecular weight excluding hydrogens is 372 g/mol. The van der Waals surface area contributed by atoms with Gasteiger partial charge in [0, 0.05) is 42.3 Å². The first-order valence-corrected chi connectivity index (χ1v) is 9.99. The number of likely N-dealkylation sites (tertiary alicyclic amines) is 1. The third kappa shape index (κ3) is 4.79. The Morgan fingerprint density at radius 2 is 1.80 bits per heavy atom. The summed E-state index contributed by atoms with van der Waals surface area (Å²) in [6.45, 7) is 3.35. The lowest BCUT2D eigenvalue weighted by atomic mass is 10.0. The predicted octanol–water partition coefficient (Wildman–Crippen LogP) is 4.06. The van der Waals surface area contributed by atoms with Crippen molar-refractivity contribution in [3.63, 3.8) is 0 Å². The zero-order valence-electron chi connectivity index (χ0n) is 16.9. The molecule has 1 amide bonds. The van der Waals surface area contributed by atoms with E-state index >= 15 is 0 Å². The zero-order valence-corrected chi connectivity index (χ0v) is 16.9. The van der Waals surface area contributed by atoms with E-state index < -0.39 is 0 Å². The summed E-state index contributed by atoms with van der Waals surface area (Å²) >= 11 is 0. The number of piperidine rings is 1. The first-order chi connectivity index (χ1) is 14.7. The van der Waals surface area contributed by atoms with Crippen LogP contribution >= 0.6 is 0 Å². The molecule has 1 aromatic carbocycles. The molecule has 0 N–H and O–H groups in total. The Hall–Kier alpha value is -3.78. The quantitative estimate of drug-likeness (QED) is 0.615. The Morgan fingerprint density at radius 1 is 1.03 bits per heavy atom. The molecule has 0 spiro atoms. The van der Waals surface area contributed by atoms with E-state index in [4.69, 9.17) is 0 Å². The number of hydrogen-bond acceptors (Lipinski definition) is 4. The Labute approximate surface area is 176 Å². The third-order valence-corrected chi connectivity index (χ3v) is 4.99. The largest absolute Gasteiger partial charge is 0.338 e. The van der Waals surface area contributed by atoms with Crippen molar-refractivity contribution < 1.29 is 4.79 Å². The monoisotopic (exact) mass is 394 g/mol. The fraction of sp³-hybridized carbons (Fsp3) is 0.200. The van der Waals surface area contributed by atoms with Crippen molar-refractivity contribution >= 4 is 5.91 Å². The van der Waals surface area contributed by atoms with Crippen LogP contribution in [0.25, 0.3) is 11.4 Å². The van der Waals surface area contributed by atoms with E-state index in [1.54, 1.807) is 18.5 Å². The van der Waals surface area contributed by atoms with Gasteiger partial charge in [-0.3, -0.25) is 4.79 Å². The molecule has 5 heteroatoms. The second kappa shape index (κ2) is 9.15. The van der Waals surface area contributed by atoms with Crippen molar-refractivity contribution in [2.24, 2.45) is 0 Å². The SMILES string of the molecule is Cc1cccc(C#CC=C2CCN(C(=O)c3cccc(-c4ncccn4)c3)CC2)n1. The lowest BCUT2D eigenvalue weighted by Crippen LogP contribution is -2.36. The molecule has 0 aliphatic carbocycles. The molecule has 1 aliphatic rings. The van der Waals surface area contributed by atoms with Gasteiger partial charge in [0.15, 0.2) is 5.82 Å². The minimum absolute atomic E-state index is 0.0434. The average molecular weight is 394 g/mol. The Morgan fingerprint density at radius 3 is 2.57 bits per heavy atom. The maximum atomic E-state index is 13.0. The fourth-order valence-electron chi connectivity index (χ4n) is 3.39. The summed E-state index contributed by atoms with van der Waals surface area (Å²) in [7, 11) is 0. The number of benzene rings is 1. The van der Waals surface area contributed by atoms with Crippen LogP contribution in [0.3, 0.4) is 0 Å². The van der Waals surface area contributed by atoms with Gasteiger partial charge >= 0.3 is 0 Å². The van der Waals surface area contributed by atoms with Crippen LogP contribution in [-0.4, -0.2) is 38.8 Å². The van der Waals surface area contributed by atoms with Crippen LogP contribution in [0, 0.1) is 18.8 Å². The summed E-state index contributed by atoms with van der Waals surface area (Å²) in [6, 6.07) is 15.1. The summed E-state index contributed by atoms with van der Waals surface area (Å²) in [4.78, 5) is 27.8. The highest BCUT2D eigenvalue weighted by Gasteiger charge is 2.20. The van der Waals surface area contributed by atoms with Gasteiger partial charge in [-0.1, -0.05) is 29.7 Å². The van der Waals surface area contributed by atoms with E-state index in [-0.39, 0.29) is 5.91 Å². The van der Waals surface area contributed by atoms with E-state index in [0.717, 1.165) is 29.8 Å². The lowest BCUT2D eigenvalue weighted by molar-refractivity contribution is 0.0743. The van der Waals surface area contributed by atoms with Crippen LogP contribution in [-0.2, 0) is 0 Å². The maximum absolute atomic E-state index is 13.0. The van der Waals surface area contributed by atoms with Gasteiger partial charge in [0.2, 0.25) is 0 Å². The lowest BCUT2D eigenvalue weighted by Gasteiger charge is -2.28. The van der Waals surface area contributed by atoms with Crippen molar-refractivity contribution in [1.82, 2.24) is 19.9 Å². The van der Waals surface area contributed by atoms with Gasteiger partial charge in [-0.25, -0.2) is 15.0 Å². The van der Waals surface area contributed by atoms with Crippen LogP contribution in [0.4, 0.5) is 0 Å². The van der Waals surface area contributed by atoms with Crippen LogP contribution in [0.2, 0.25) is 0 Å². The highest BCUT2D eigenvalue weighted by Crippen LogP contribution is 2.21. The number of carbonyl (C=O) groups is 1. The molecule has 4 rings (SSSR count). The predicted molar refractivity (Wildman–Crippen MR) is 117 cm³/mol. The highest BCUT2D eigenvalue weighted by atomic mass is 16.2. The molecule has 0 bridgehead atoms. The summed E-state index contributed by atoms with van der Waals surface area (Å²) < 4.78 is 0. The normalized spacial score (nSPS) is 13.4. The smallest absolute Gasteiger partial charge is 0.253 e. The van der Waals surface area contributed by atoms with Gasteiger partial charge in [-0.15, -0.1) is 0 Å². The summed E-state index contributed by atoms with van der Waals surface area (Å²) in [6.07, 6.45) is 7.05. The molecule has 30 heavy (non-hydrogen) atoms. The number of aromatic nitrogens is 3.